The molecular formula is C28H50O5. The van der Waals surface area contributed by atoms with E-state index in [4.69, 9.17) is 10.2 Å². The van der Waals surface area contributed by atoms with Crippen molar-refractivity contribution in [1.82, 2.24) is 0 Å². The third-order valence-electron chi connectivity index (χ3n) is 8.40. The van der Waals surface area contributed by atoms with Gasteiger partial charge in [0.05, 0.1) is 18.4 Å². The van der Waals surface area contributed by atoms with Gasteiger partial charge in [0.2, 0.25) is 0 Å². The van der Waals surface area contributed by atoms with Gasteiger partial charge >= 0.3 is 11.9 Å². The minimum Gasteiger partial charge on any atom is -0.481 e. The molecule has 33 heavy (non-hydrogen) atoms. The topological polar surface area (TPSA) is 94.8 Å². The molecular weight excluding hydrogens is 416 g/mol. The highest BCUT2D eigenvalue weighted by Crippen LogP contribution is 2.42. The molecule has 0 bridgehead atoms. The Morgan fingerprint density at radius 3 is 1.45 bits per heavy atom. The van der Waals surface area contributed by atoms with Gasteiger partial charge in [-0.15, -0.1) is 0 Å². The minimum absolute atomic E-state index is 0.245. The van der Waals surface area contributed by atoms with E-state index in [1.165, 1.54) is 103 Å². The summed E-state index contributed by atoms with van der Waals surface area (Å²) in [6.45, 7) is 0. The van der Waals surface area contributed by atoms with E-state index in [9.17, 15) is 14.7 Å². The van der Waals surface area contributed by atoms with Crippen LogP contribution in [0.4, 0.5) is 0 Å². The average Bonchev–Trinajstić information content (AvgIpc) is 2.77. The lowest BCUT2D eigenvalue weighted by molar-refractivity contribution is -0.149. The largest absolute Gasteiger partial charge is 0.481 e. The molecule has 0 aliphatic heterocycles. The molecule has 2 aliphatic rings. The smallest absolute Gasteiger partial charge is 0.306 e. The quantitative estimate of drug-likeness (QED) is 0.195. The van der Waals surface area contributed by atoms with Crippen molar-refractivity contribution in [3.8, 4) is 0 Å². The van der Waals surface area contributed by atoms with E-state index in [0.717, 1.165) is 30.6 Å². The minimum atomic E-state index is -1.62. The molecule has 2 aliphatic carbocycles. The van der Waals surface area contributed by atoms with Gasteiger partial charge in [-0.05, 0) is 30.6 Å². The van der Waals surface area contributed by atoms with Crippen molar-refractivity contribution in [3.63, 3.8) is 0 Å². The number of rotatable bonds is 17. The maximum atomic E-state index is 10.9. The average molecular weight is 467 g/mol. The summed E-state index contributed by atoms with van der Waals surface area (Å²) in [6.07, 6.45) is 24.5. The fourth-order valence-corrected chi connectivity index (χ4v) is 6.68. The molecule has 0 saturated heterocycles. The molecule has 5 heteroatoms. The second kappa shape index (κ2) is 15.7. The standard InChI is InChI=1S/C28H50O5/c29-26(30)21-28(33,22-27(31)32)20-14-6-4-2-1-3-5-13-19-25(23-15-9-7-10-16-23)24-17-11-8-12-18-24/h23-25,33H,1-22H2,(H,29,30)(H,31,32). The Kier molecular flexibility index (Phi) is 13.4. The highest BCUT2D eigenvalue weighted by molar-refractivity contribution is 5.72. The summed E-state index contributed by atoms with van der Waals surface area (Å²) in [5.74, 6) is 0.701. The third-order valence-corrected chi connectivity index (χ3v) is 8.40. The first-order valence-electron chi connectivity index (χ1n) is 14.1. The Morgan fingerprint density at radius 1 is 0.636 bits per heavy atom. The molecule has 0 unspecified atom stereocenters. The van der Waals surface area contributed by atoms with Gasteiger partial charge in [-0.25, -0.2) is 0 Å². The summed E-state index contributed by atoms with van der Waals surface area (Å²) < 4.78 is 0. The van der Waals surface area contributed by atoms with E-state index >= 15 is 0 Å². The predicted molar refractivity (Wildman–Crippen MR) is 132 cm³/mol. The van der Waals surface area contributed by atoms with E-state index in [1.54, 1.807) is 0 Å². The molecule has 3 N–H and O–H groups in total. The molecule has 5 nitrogen and oxygen atoms in total. The predicted octanol–water partition coefficient (Wildman–Crippen LogP) is 7.34. The van der Waals surface area contributed by atoms with Crippen LogP contribution in [-0.4, -0.2) is 32.9 Å². The summed E-state index contributed by atoms with van der Waals surface area (Å²) in [6, 6.07) is 0. The van der Waals surface area contributed by atoms with Crippen LogP contribution in [-0.2, 0) is 9.59 Å². The van der Waals surface area contributed by atoms with Gasteiger partial charge in [0.1, 0.15) is 0 Å². The summed E-state index contributed by atoms with van der Waals surface area (Å²) in [4.78, 5) is 21.9. The number of carbonyl (C=O) groups is 2. The summed E-state index contributed by atoms with van der Waals surface area (Å²) in [5.41, 5.74) is -1.62. The summed E-state index contributed by atoms with van der Waals surface area (Å²) in [5, 5.41) is 28.2. The monoisotopic (exact) mass is 466 g/mol. The van der Waals surface area contributed by atoms with Crippen LogP contribution in [0.15, 0.2) is 0 Å². The first-order valence-corrected chi connectivity index (χ1v) is 14.1. The van der Waals surface area contributed by atoms with Crippen molar-refractivity contribution < 1.29 is 24.9 Å². The fourth-order valence-electron chi connectivity index (χ4n) is 6.68. The Hall–Kier alpha value is -1.10. The van der Waals surface area contributed by atoms with Crippen LogP contribution in [0.2, 0.25) is 0 Å². The Morgan fingerprint density at radius 2 is 1.03 bits per heavy atom. The zero-order valence-corrected chi connectivity index (χ0v) is 20.9. The van der Waals surface area contributed by atoms with E-state index < -0.39 is 30.4 Å². The second-order valence-electron chi connectivity index (χ2n) is 11.2. The number of carboxylic acids is 2. The van der Waals surface area contributed by atoms with Crippen molar-refractivity contribution in [2.75, 3.05) is 0 Å². The van der Waals surface area contributed by atoms with Gasteiger partial charge in [0.25, 0.3) is 0 Å². The van der Waals surface area contributed by atoms with Crippen LogP contribution in [0.25, 0.3) is 0 Å². The van der Waals surface area contributed by atoms with E-state index in [-0.39, 0.29) is 6.42 Å². The Bertz CT molecular complexity index is 514. The fraction of sp³-hybridized carbons (Fsp3) is 0.929. The first-order chi connectivity index (χ1) is 15.9. The van der Waals surface area contributed by atoms with Crippen LogP contribution < -0.4 is 0 Å². The van der Waals surface area contributed by atoms with Gasteiger partial charge < -0.3 is 15.3 Å². The van der Waals surface area contributed by atoms with Crippen molar-refractivity contribution >= 4 is 11.9 Å². The van der Waals surface area contributed by atoms with Crippen LogP contribution in [0.3, 0.4) is 0 Å². The van der Waals surface area contributed by atoms with E-state index in [0.29, 0.717) is 6.42 Å². The van der Waals surface area contributed by atoms with Crippen LogP contribution in [0.5, 0.6) is 0 Å². The molecule has 0 aromatic carbocycles. The number of aliphatic carboxylic acids is 2. The number of hydrogen-bond acceptors (Lipinski definition) is 3. The number of carboxylic acid groups (broad SMARTS) is 2. The van der Waals surface area contributed by atoms with Crippen LogP contribution in [0, 0.1) is 17.8 Å². The van der Waals surface area contributed by atoms with E-state index in [2.05, 4.69) is 0 Å². The molecule has 0 atom stereocenters. The van der Waals surface area contributed by atoms with Gasteiger partial charge in [0.15, 0.2) is 0 Å². The maximum Gasteiger partial charge on any atom is 0.306 e. The molecule has 192 valence electrons. The molecule has 0 spiro atoms. The molecule has 2 rings (SSSR count). The van der Waals surface area contributed by atoms with Crippen molar-refractivity contribution in [2.24, 2.45) is 17.8 Å². The third kappa shape index (κ3) is 11.7. The molecule has 0 amide bonds. The number of aliphatic hydroxyl groups is 1. The first kappa shape index (κ1) is 28.1. The van der Waals surface area contributed by atoms with Gasteiger partial charge in [0, 0.05) is 0 Å². The number of unbranched alkanes of at least 4 members (excludes halogenated alkanes) is 7. The molecule has 2 fully saturated rings. The zero-order chi connectivity index (χ0) is 23.9. The molecule has 0 aromatic heterocycles. The van der Waals surface area contributed by atoms with Gasteiger partial charge in [-0.3, -0.25) is 9.59 Å². The highest BCUT2D eigenvalue weighted by Gasteiger charge is 2.32. The molecule has 0 aromatic rings. The van der Waals surface area contributed by atoms with Crippen molar-refractivity contribution in [3.05, 3.63) is 0 Å². The van der Waals surface area contributed by atoms with E-state index in [1.807, 2.05) is 0 Å². The Labute approximate surface area is 201 Å². The maximum absolute atomic E-state index is 10.9. The van der Waals surface area contributed by atoms with Crippen LogP contribution in [0.1, 0.15) is 141 Å². The second-order valence-corrected chi connectivity index (χ2v) is 11.2. The SMILES string of the molecule is O=C(O)CC(O)(CCCCCCCCCCC(C1CCCCC1)C1CCCCC1)CC(=O)O. The highest BCUT2D eigenvalue weighted by atomic mass is 16.4. The van der Waals surface area contributed by atoms with Crippen molar-refractivity contribution in [2.45, 2.75) is 147 Å². The zero-order valence-electron chi connectivity index (χ0n) is 20.9. The lowest BCUT2D eigenvalue weighted by atomic mass is 9.68. The molecule has 0 heterocycles. The summed E-state index contributed by atoms with van der Waals surface area (Å²) in [7, 11) is 0. The normalized spacial score (nSPS) is 18.6. The lowest BCUT2D eigenvalue weighted by Crippen LogP contribution is -2.34. The number of hydrogen-bond donors (Lipinski definition) is 3. The van der Waals surface area contributed by atoms with Gasteiger partial charge in [-0.1, -0.05) is 116 Å². The molecule has 2 saturated carbocycles. The lowest BCUT2D eigenvalue weighted by Gasteiger charge is -2.38. The summed E-state index contributed by atoms with van der Waals surface area (Å²) >= 11 is 0. The van der Waals surface area contributed by atoms with Gasteiger partial charge in [-0.2, -0.15) is 0 Å². The van der Waals surface area contributed by atoms with Crippen LogP contribution >= 0.6 is 0 Å². The van der Waals surface area contributed by atoms with Crippen molar-refractivity contribution in [1.29, 1.82) is 0 Å². The molecule has 0 radical (unpaired) electrons. The Balaban J connectivity index is 1.56.